The molecule has 0 unspecified atom stereocenters. The van der Waals surface area contributed by atoms with Gasteiger partial charge in [-0.15, -0.1) is 11.3 Å². The van der Waals surface area contributed by atoms with Crippen molar-refractivity contribution in [2.45, 2.75) is 27.7 Å². The summed E-state index contributed by atoms with van der Waals surface area (Å²) in [6.45, 7) is 8.18. The van der Waals surface area contributed by atoms with Crippen LogP contribution in [0.4, 0.5) is 5.95 Å². The highest BCUT2D eigenvalue weighted by Gasteiger charge is 2.17. The summed E-state index contributed by atoms with van der Waals surface area (Å²) in [5, 5.41) is 9.92. The molecule has 4 rings (SSSR count). The topological polar surface area (TPSA) is 119 Å². The number of thiophene rings is 1. The fraction of sp³-hybridized carbons (Fsp3) is 0.286. The fourth-order valence-electron chi connectivity index (χ4n) is 3.06. The lowest BCUT2D eigenvalue weighted by Gasteiger charge is -2.09. The van der Waals surface area contributed by atoms with Crippen LogP contribution in [0.1, 0.15) is 32.7 Å². The molecule has 9 nitrogen and oxygen atoms in total. The Morgan fingerprint density at radius 1 is 1.13 bits per heavy atom. The van der Waals surface area contributed by atoms with Crippen LogP contribution in [0.5, 0.6) is 0 Å². The van der Waals surface area contributed by atoms with Crippen LogP contribution in [0, 0.1) is 27.7 Å². The van der Waals surface area contributed by atoms with Gasteiger partial charge in [0.1, 0.15) is 0 Å². The Morgan fingerprint density at radius 2 is 1.97 bits per heavy atom. The smallest absolute Gasteiger partial charge is 0.289 e. The second-order valence-electron chi connectivity index (χ2n) is 7.03. The number of aromatic nitrogens is 4. The Balaban J connectivity index is 1.46. The summed E-state index contributed by atoms with van der Waals surface area (Å²) in [6.07, 6.45) is 1.72. The second-order valence-corrected chi connectivity index (χ2v) is 8.32. The number of carbonyl (C=O) groups excluding carboxylic acids is 1. The lowest BCUT2D eigenvalue weighted by Crippen LogP contribution is -2.29. The van der Waals surface area contributed by atoms with E-state index in [1.165, 1.54) is 4.88 Å². The Bertz CT molecular complexity index is 1230. The van der Waals surface area contributed by atoms with Gasteiger partial charge in [0.25, 0.3) is 5.91 Å². The maximum absolute atomic E-state index is 12.2. The maximum Gasteiger partial charge on any atom is 0.289 e. The first kappa shape index (κ1) is 20.7. The molecule has 0 fully saturated rings. The standard InChI is InChI=1S/C21H22N6O3S/c1-11-9-16(30-27-11)15-10-24-21(26-18(15)17-6-5-12(2)31-17)23-8-7-22-20(28)19-13(3)25-14(4)29-19/h5-6,9-10H,7-8H2,1-4H3,(H,22,28)(H,23,24,26). The summed E-state index contributed by atoms with van der Waals surface area (Å²) in [4.78, 5) is 27.6. The van der Waals surface area contributed by atoms with E-state index in [2.05, 4.69) is 25.8 Å². The Hall–Kier alpha value is -3.53. The zero-order valence-electron chi connectivity index (χ0n) is 17.6. The van der Waals surface area contributed by atoms with E-state index in [-0.39, 0.29) is 11.7 Å². The molecule has 10 heteroatoms. The maximum atomic E-state index is 12.2. The molecule has 0 aromatic carbocycles. The predicted octanol–water partition coefficient (Wildman–Crippen LogP) is 3.92. The SMILES string of the molecule is Cc1cc(-c2cnc(NCCNC(=O)c3oc(C)nc3C)nc2-c2ccc(C)s2)on1. The molecule has 0 aliphatic carbocycles. The number of aryl methyl sites for hydroxylation is 4. The van der Waals surface area contributed by atoms with Crippen LogP contribution in [-0.2, 0) is 0 Å². The molecule has 0 saturated heterocycles. The Morgan fingerprint density at radius 3 is 2.61 bits per heavy atom. The largest absolute Gasteiger partial charge is 0.436 e. The van der Waals surface area contributed by atoms with Crippen molar-refractivity contribution in [1.29, 1.82) is 0 Å². The molecular formula is C21H22N6O3S. The predicted molar refractivity (Wildman–Crippen MR) is 117 cm³/mol. The minimum Gasteiger partial charge on any atom is -0.436 e. The van der Waals surface area contributed by atoms with Gasteiger partial charge in [-0.2, -0.15) is 0 Å². The molecule has 4 heterocycles. The highest BCUT2D eigenvalue weighted by atomic mass is 32.1. The highest BCUT2D eigenvalue weighted by Crippen LogP contribution is 2.35. The minimum absolute atomic E-state index is 0.232. The van der Waals surface area contributed by atoms with E-state index >= 15 is 0 Å². The second kappa shape index (κ2) is 8.68. The van der Waals surface area contributed by atoms with Crippen molar-refractivity contribution in [2.75, 3.05) is 18.4 Å². The van der Waals surface area contributed by atoms with Crippen molar-refractivity contribution in [2.24, 2.45) is 0 Å². The van der Waals surface area contributed by atoms with Gasteiger partial charge in [-0.05, 0) is 32.9 Å². The quantitative estimate of drug-likeness (QED) is 0.417. The van der Waals surface area contributed by atoms with E-state index < -0.39 is 0 Å². The molecule has 160 valence electrons. The molecule has 0 aliphatic rings. The average molecular weight is 439 g/mol. The van der Waals surface area contributed by atoms with Crippen LogP contribution in [0.3, 0.4) is 0 Å². The summed E-state index contributed by atoms with van der Waals surface area (Å²) in [6, 6.07) is 5.94. The van der Waals surface area contributed by atoms with Gasteiger partial charge in [0.05, 0.1) is 27.5 Å². The molecule has 4 aromatic rings. The molecular weight excluding hydrogens is 416 g/mol. The third kappa shape index (κ3) is 4.64. The van der Waals surface area contributed by atoms with E-state index in [9.17, 15) is 4.79 Å². The normalized spacial score (nSPS) is 11.0. The van der Waals surface area contributed by atoms with Crippen molar-refractivity contribution in [3.05, 3.63) is 52.3 Å². The zero-order chi connectivity index (χ0) is 22.0. The van der Waals surface area contributed by atoms with Gasteiger partial charge in [-0.1, -0.05) is 5.16 Å². The third-order valence-electron chi connectivity index (χ3n) is 4.46. The van der Waals surface area contributed by atoms with Crippen molar-refractivity contribution in [1.82, 2.24) is 25.4 Å². The first-order chi connectivity index (χ1) is 14.9. The summed E-state index contributed by atoms with van der Waals surface area (Å²) in [7, 11) is 0. The van der Waals surface area contributed by atoms with Crippen LogP contribution >= 0.6 is 11.3 Å². The number of oxazole rings is 1. The molecule has 0 radical (unpaired) electrons. The number of anilines is 1. The van der Waals surface area contributed by atoms with Gasteiger partial charge in [0.15, 0.2) is 11.7 Å². The van der Waals surface area contributed by atoms with Gasteiger partial charge >= 0.3 is 0 Å². The number of hydrogen-bond donors (Lipinski definition) is 2. The van der Waals surface area contributed by atoms with Crippen molar-refractivity contribution < 1.29 is 13.7 Å². The molecule has 4 aromatic heterocycles. The van der Waals surface area contributed by atoms with E-state index in [0.29, 0.717) is 36.4 Å². The van der Waals surface area contributed by atoms with E-state index in [1.807, 2.05) is 32.0 Å². The molecule has 1 amide bonds. The number of nitrogens with zero attached hydrogens (tertiary/aromatic N) is 4. The van der Waals surface area contributed by atoms with Crippen molar-refractivity contribution >= 4 is 23.2 Å². The lowest BCUT2D eigenvalue weighted by atomic mass is 10.1. The van der Waals surface area contributed by atoms with Crippen molar-refractivity contribution in [3.8, 4) is 21.9 Å². The molecule has 31 heavy (non-hydrogen) atoms. The van der Waals surface area contributed by atoms with Gasteiger partial charge in [0, 0.05) is 37.2 Å². The minimum atomic E-state index is -0.299. The molecule has 0 bridgehead atoms. The van der Waals surface area contributed by atoms with Crippen LogP contribution in [0.2, 0.25) is 0 Å². The zero-order valence-corrected chi connectivity index (χ0v) is 18.5. The lowest BCUT2D eigenvalue weighted by molar-refractivity contribution is 0.0925. The number of amides is 1. The Kier molecular flexibility index (Phi) is 5.81. The third-order valence-corrected chi connectivity index (χ3v) is 5.47. The summed E-state index contributed by atoms with van der Waals surface area (Å²) in [5.74, 6) is 1.48. The van der Waals surface area contributed by atoms with Crippen LogP contribution in [0.15, 0.2) is 33.3 Å². The van der Waals surface area contributed by atoms with Gasteiger partial charge in [-0.3, -0.25) is 4.79 Å². The molecule has 0 saturated carbocycles. The Labute approximate surface area is 182 Å². The molecule has 2 N–H and O–H groups in total. The van der Waals surface area contributed by atoms with E-state index in [1.54, 1.807) is 31.4 Å². The molecule has 0 aliphatic heterocycles. The molecule has 0 spiro atoms. The first-order valence-corrected chi connectivity index (χ1v) is 10.6. The van der Waals surface area contributed by atoms with Gasteiger partial charge < -0.3 is 19.6 Å². The van der Waals surface area contributed by atoms with Gasteiger partial charge in [-0.25, -0.2) is 15.0 Å². The van der Waals surface area contributed by atoms with Crippen LogP contribution in [-0.4, -0.2) is 39.1 Å². The number of carbonyl (C=O) groups is 1. The fourth-order valence-corrected chi connectivity index (χ4v) is 3.93. The summed E-state index contributed by atoms with van der Waals surface area (Å²) in [5.41, 5.74) is 2.90. The molecule has 0 atom stereocenters. The number of rotatable bonds is 7. The summed E-state index contributed by atoms with van der Waals surface area (Å²) < 4.78 is 10.8. The first-order valence-electron chi connectivity index (χ1n) is 9.74. The number of hydrogen-bond acceptors (Lipinski definition) is 9. The van der Waals surface area contributed by atoms with E-state index in [4.69, 9.17) is 13.9 Å². The number of nitrogens with one attached hydrogen (secondary N) is 2. The van der Waals surface area contributed by atoms with Crippen LogP contribution in [0.25, 0.3) is 21.9 Å². The summed E-state index contributed by atoms with van der Waals surface area (Å²) >= 11 is 1.64. The van der Waals surface area contributed by atoms with Crippen LogP contribution < -0.4 is 10.6 Å². The van der Waals surface area contributed by atoms with Gasteiger partial charge in [0.2, 0.25) is 11.7 Å². The van der Waals surface area contributed by atoms with E-state index in [0.717, 1.165) is 21.8 Å². The highest BCUT2D eigenvalue weighted by molar-refractivity contribution is 7.15. The average Bonchev–Trinajstić information content (AvgIpc) is 3.45. The van der Waals surface area contributed by atoms with Crippen molar-refractivity contribution in [3.63, 3.8) is 0 Å². The monoisotopic (exact) mass is 438 g/mol.